The number of benzene rings is 2. The Bertz CT molecular complexity index is 603. The fraction of sp³-hybridized carbons (Fsp3) is 0.133. The van der Waals surface area contributed by atoms with Gasteiger partial charge < -0.3 is 5.32 Å². The van der Waals surface area contributed by atoms with E-state index in [-0.39, 0.29) is 5.82 Å². The van der Waals surface area contributed by atoms with E-state index >= 15 is 0 Å². The fourth-order valence-electron chi connectivity index (χ4n) is 1.75. The first-order valence-corrected chi connectivity index (χ1v) is 6.66. The summed E-state index contributed by atoms with van der Waals surface area (Å²) in [6.07, 6.45) is 0.775. The van der Waals surface area contributed by atoms with E-state index in [4.69, 9.17) is 5.26 Å². The van der Waals surface area contributed by atoms with Crippen LogP contribution in [0.15, 0.2) is 46.9 Å². The van der Waals surface area contributed by atoms with Crippen LogP contribution in [-0.4, -0.2) is 6.54 Å². The van der Waals surface area contributed by atoms with E-state index in [0.29, 0.717) is 12.1 Å². The minimum absolute atomic E-state index is 0.226. The lowest BCUT2D eigenvalue weighted by atomic mass is 10.1. The maximum Gasteiger partial charge on any atom is 0.123 e. The molecule has 0 spiro atoms. The largest absolute Gasteiger partial charge is 0.384 e. The van der Waals surface area contributed by atoms with Crippen LogP contribution < -0.4 is 5.32 Å². The Hall–Kier alpha value is -1.86. The maximum atomic E-state index is 12.8. The first-order valence-electron chi connectivity index (χ1n) is 5.87. The Morgan fingerprint density at radius 1 is 1.16 bits per heavy atom. The van der Waals surface area contributed by atoms with Crippen LogP contribution in [0.4, 0.5) is 10.1 Å². The van der Waals surface area contributed by atoms with Crippen molar-refractivity contribution in [2.24, 2.45) is 0 Å². The van der Waals surface area contributed by atoms with E-state index in [9.17, 15) is 4.39 Å². The molecule has 1 N–H and O–H groups in total. The molecule has 0 saturated heterocycles. The van der Waals surface area contributed by atoms with Crippen molar-refractivity contribution in [2.75, 3.05) is 11.9 Å². The number of hydrogen-bond acceptors (Lipinski definition) is 2. The van der Waals surface area contributed by atoms with Crippen molar-refractivity contribution in [2.45, 2.75) is 6.42 Å². The maximum absolute atomic E-state index is 12.8. The van der Waals surface area contributed by atoms with Crippen LogP contribution in [0.2, 0.25) is 0 Å². The standard InChI is InChI=1S/C15H12BrFN2/c16-13-4-3-12(10-18)15(9-13)19-8-7-11-1-5-14(17)6-2-11/h1-6,9,19H,7-8H2. The minimum Gasteiger partial charge on any atom is -0.384 e. The molecule has 0 saturated carbocycles. The summed E-state index contributed by atoms with van der Waals surface area (Å²) in [6.45, 7) is 0.691. The van der Waals surface area contributed by atoms with Crippen molar-refractivity contribution in [1.82, 2.24) is 0 Å². The van der Waals surface area contributed by atoms with E-state index < -0.39 is 0 Å². The van der Waals surface area contributed by atoms with Gasteiger partial charge in [-0.25, -0.2) is 4.39 Å². The molecule has 0 aliphatic heterocycles. The molecule has 2 rings (SSSR count). The molecule has 0 heterocycles. The van der Waals surface area contributed by atoms with Gasteiger partial charge in [0.15, 0.2) is 0 Å². The third-order valence-corrected chi connectivity index (χ3v) is 3.24. The summed E-state index contributed by atoms with van der Waals surface area (Å²) >= 11 is 3.38. The number of halogens is 2. The normalized spacial score (nSPS) is 9.95. The van der Waals surface area contributed by atoms with Crippen molar-refractivity contribution in [1.29, 1.82) is 5.26 Å². The predicted octanol–water partition coefficient (Wildman–Crippen LogP) is 4.11. The third kappa shape index (κ3) is 3.80. The SMILES string of the molecule is N#Cc1ccc(Br)cc1NCCc1ccc(F)cc1. The van der Waals surface area contributed by atoms with Crippen molar-refractivity contribution in [3.05, 3.63) is 63.9 Å². The molecule has 0 aliphatic rings. The summed E-state index contributed by atoms with van der Waals surface area (Å²) in [4.78, 5) is 0. The van der Waals surface area contributed by atoms with E-state index in [1.54, 1.807) is 18.2 Å². The van der Waals surface area contributed by atoms with Crippen LogP contribution in [0.3, 0.4) is 0 Å². The van der Waals surface area contributed by atoms with Gasteiger partial charge in [-0.15, -0.1) is 0 Å². The second-order valence-corrected chi connectivity index (χ2v) is 5.02. The van der Waals surface area contributed by atoms with Gasteiger partial charge in [-0.2, -0.15) is 5.26 Å². The summed E-state index contributed by atoms with van der Waals surface area (Å²) in [7, 11) is 0. The average molecular weight is 319 g/mol. The smallest absolute Gasteiger partial charge is 0.123 e. The Morgan fingerprint density at radius 3 is 2.58 bits per heavy atom. The quantitative estimate of drug-likeness (QED) is 0.920. The lowest BCUT2D eigenvalue weighted by molar-refractivity contribution is 0.627. The Morgan fingerprint density at radius 2 is 1.89 bits per heavy atom. The molecule has 2 nitrogen and oxygen atoms in total. The van der Waals surface area contributed by atoms with Crippen molar-refractivity contribution in [3.63, 3.8) is 0 Å². The Labute approximate surface area is 120 Å². The van der Waals surface area contributed by atoms with Crippen LogP contribution >= 0.6 is 15.9 Å². The van der Waals surface area contributed by atoms with E-state index in [1.807, 2.05) is 12.1 Å². The van der Waals surface area contributed by atoms with Crippen LogP contribution in [0.5, 0.6) is 0 Å². The van der Waals surface area contributed by atoms with Gasteiger partial charge in [0.2, 0.25) is 0 Å². The minimum atomic E-state index is -0.226. The predicted molar refractivity (Wildman–Crippen MR) is 77.5 cm³/mol. The van der Waals surface area contributed by atoms with Crippen molar-refractivity contribution >= 4 is 21.6 Å². The lowest BCUT2D eigenvalue weighted by Gasteiger charge is -2.08. The number of anilines is 1. The summed E-state index contributed by atoms with van der Waals surface area (Å²) in [5, 5.41) is 12.2. The number of nitrogens with zero attached hydrogens (tertiary/aromatic N) is 1. The van der Waals surface area contributed by atoms with Gasteiger partial charge in [0, 0.05) is 11.0 Å². The topological polar surface area (TPSA) is 35.8 Å². The van der Waals surface area contributed by atoms with Gasteiger partial charge in [0.05, 0.1) is 11.3 Å². The molecule has 0 radical (unpaired) electrons. The number of hydrogen-bond donors (Lipinski definition) is 1. The molecular formula is C15H12BrFN2. The highest BCUT2D eigenvalue weighted by Crippen LogP contribution is 2.20. The van der Waals surface area contributed by atoms with E-state index in [2.05, 4.69) is 27.3 Å². The molecule has 0 atom stereocenters. The summed E-state index contributed by atoms with van der Waals surface area (Å²) in [6, 6.07) is 14.1. The fourth-order valence-corrected chi connectivity index (χ4v) is 2.11. The van der Waals surface area contributed by atoms with E-state index in [0.717, 1.165) is 22.1 Å². The molecular weight excluding hydrogens is 307 g/mol. The molecule has 0 fully saturated rings. The highest BCUT2D eigenvalue weighted by molar-refractivity contribution is 9.10. The van der Waals surface area contributed by atoms with Gasteiger partial charge in [-0.1, -0.05) is 28.1 Å². The first-order chi connectivity index (χ1) is 9.19. The highest BCUT2D eigenvalue weighted by Gasteiger charge is 2.02. The number of nitrogens with one attached hydrogen (secondary N) is 1. The van der Waals surface area contributed by atoms with Crippen LogP contribution in [0.1, 0.15) is 11.1 Å². The third-order valence-electron chi connectivity index (χ3n) is 2.74. The summed E-state index contributed by atoms with van der Waals surface area (Å²) in [5.41, 5.74) is 2.48. The molecule has 0 amide bonds. The molecule has 96 valence electrons. The average Bonchev–Trinajstić information content (AvgIpc) is 2.41. The van der Waals surface area contributed by atoms with Gasteiger partial charge in [-0.3, -0.25) is 0 Å². The summed E-state index contributed by atoms with van der Waals surface area (Å²) in [5.74, 6) is -0.226. The molecule has 2 aromatic rings. The number of rotatable bonds is 4. The van der Waals surface area contributed by atoms with Gasteiger partial charge in [-0.05, 0) is 42.3 Å². The first kappa shape index (κ1) is 13.6. The highest BCUT2D eigenvalue weighted by atomic mass is 79.9. The molecule has 0 aromatic heterocycles. The van der Waals surface area contributed by atoms with Crippen LogP contribution in [0.25, 0.3) is 0 Å². The number of nitriles is 1. The van der Waals surface area contributed by atoms with Crippen molar-refractivity contribution < 1.29 is 4.39 Å². The molecule has 0 bridgehead atoms. The summed E-state index contributed by atoms with van der Waals surface area (Å²) < 4.78 is 13.7. The zero-order chi connectivity index (χ0) is 13.7. The molecule has 19 heavy (non-hydrogen) atoms. The van der Waals surface area contributed by atoms with Gasteiger partial charge >= 0.3 is 0 Å². The second kappa shape index (κ2) is 6.35. The molecule has 4 heteroatoms. The molecule has 0 unspecified atom stereocenters. The van der Waals surface area contributed by atoms with Crippen LogP contribution in [-0.2, 0) is 6.42 Å². The zero-order valence-electron chi connectivity index (χ0n) is 10.2. The Balaban J connectivity index is 1.98. The monoisotopic (exact) mass is 318 g/mol. The van der Waals surface area contributed by atoms with Gasteiger partial charge in [0.1, 0.15) is 11.9 Å². The van der Waals surface area contributed by atoms with Crippen molar-refractivity contribution in [3.8, 4) is 6.07 Å². The zero-order valence-corrected chi connectivity index (χ0v) is 11.7. The van der Waals surface area contributed by atoms with E-state index in [1.165, 1.54) is 12.1 Å². The van der Waals surface area contributed by atoms with Gasteiger partial charge in [0.25, 0.3) is 0 Å². The lowest BCUT2D eigenvalue weighted by Crippen LogP contribution is -2.06. The molecule has 0 aliphatic carbocycles. The Kier molecular flexibility index (Phi) is 4.53. The second-order valence-electron chi connectivity index (χ2n) is 4.10. The molecule has 2 aromatic carbocycles. The van der Waals surface area contributed by atoms with Crippen LogP contribution in [0, 0.1) is 17.1 Å².